The third-order valence-corrected chi connectivity index (χ3v) is 4.26. The van der Waals surface area contributed by atoms with Crippen LogP contribution < -0.4 is 0 Å². The number of benzene rings is 1. The SMILES string of the molecule is CC1CN(C(=O)C(S)Cc2ccccc2)CC1C. The molecular formula is C15H21NOS. The fraction of sp³-hybridized carbons (Fsp3) is 0.533. The summed E-state index contributed by atoms with van der Waals surface area (Å²) >= 11 is 4.48. The second-order valence-corrected chi connectivity index (χ2v) is 6.03. The van der Waals surface area contributed by atoms with Crippen molar-refractivity contribution in [2.45, 2.75) is 25.5 Å². The van der Waals surface area contributed by atoms with Crippen LogP contribution >= 0.6 is 12.6 Å². The van der Waals surface area contributed by atoms with Crippen LogP contribution in [0.1, 0.15) is 19.4 Å². The van der Waals surface area contributed by atoms with E-state index in [1.165, 1.54) is 5.56 Å². The summed E-state index contributed by atoms with van der Waals surface area (Å²) in [7, 11) is 0. The first-order valence-electron chi connectivity index (χ1n) is 6.58. The van der Waals surface area contributed by atoms with E-state index in [1.54, 1.807) is 0 Å². The maximum Gasteiger partial charge on any atom is 0.235 e. The minimum Gasteiger partial charge on any atom is -0.341 e. The molecule has 1 heterocycles. The Morgan fingerprint density at radius 2 is 1.83 bits per heavy atom. The van der Waals surface area contributed by atoms with Crippen molar-refractivity contribution in [2.75, 3.05) is 13.1 Å². The molecule has 1 aliphatic rings. The summed E-state index contributed by atoms with van der Waals surface area (Å²) in [5.41, 5.74) is 1.17. The lowest BCUT2D eigenvalue weighted by molar-refractivity contribution is -0.129. The van der Waals surface area contributed by atoms with E-state index in [0.29, 0.717) is 18.3 Å². The van der Waals surface area contributed by atoms with Gasteiger partial charge < -0.3 is 4.90 Å². The van der Waals surface area contributed by atoms with Crippen molar-refractivity contribution in [2.24, 2.45) is 11.8 Å². The van der Waals surface area contributed by atoms with Gasteiger partial charge in [0.15, 0.2) is 0 Å². The van der Waals surface area contributed by atoms with Gasteiger partial charge in [-0.25, -0.2) is 0 Å². The van der Waals surface area contributed by atoms with E-state index >= 15 is 0 Å². The predicted octanol–water partition coefficient (Wildman–Crippen LogP) is 2.64. The minimum atomic E-state index is -0.218. The minimum absolute atomic E-state index is 0.179. The van der Waals surface area contributed by atoms with Gasteiger partial charge in [-0.05, 0) is 23.8 Å². The molecule has 18 heavy (non-hydrogen) atoms. The van der Waals surface area contributed by atoms with Crippen molar-refractivity contribution >= 4 is 18.5 Å². The van der Waals surface area contributed by atoms with Crippen LogP contribution in [0, 0.1) is 11.8 Å². The Labute approximate surface area is 115 Å². The first kappa shape index (κ1) is 13.5. The second-order valence-electron chi connectivity index (χ2n) is 5.40. The molecule has 1 aromatic carbocycles. The van der Waals surface area contributed by atoms with Gasteiger partial charge in [0.1, 0.15) is 0 Å². The molecule has 3 heteroatoms. The first-order valence-corrected chi connectivity index (χ1v) is 7.10. The Kier molecular flexibility index (Phi) is 4.33. The smallest absolute Gasteiger partial charge is 0.235 e. The summed E-state index contributed by atoms with van der Waals surface area (Å²) in [4.78, 5) is 14.3. The molecule has 0 spiro atoms. The fourth-order valence-electron chi connectivity index (χ4n) is 2.45. The van der Waals surface area contributed by atoms with Crippen LogP contribution in [0.3, 0.4) is 0 Å². The zero-order chi connectivity index (χ0) is 13.1. The van der Waals surface area contributed by atoms with Gasteiger partial charge in [-0.2, -0.15) is 12.6 Å². The van der Waals surface area contributed by atoms with Gasteiger partial charge in [-0.3, -0.25) is 4.79 Å². The maximum absolute atomic E-state index is 12.3. The van der Waals surface area contributed by atoms with Gasteiger partial charge >= 0.3 is 0 Å². The summed E-state index contributed by atoms with van der Waals surface area (Å²) in [5, 5.41) is -0.218. The number of carbonyl (C=O) groups is 1. The highest BCUT2D eigenvalue weighted by Gasteiger charge is 2.31. The summed E-state index contributed by atoms with van der Waals surface area (Å²) in [6.45, 7) is 6.18. The molecule has 1 aromatic rings. The largest absolute Gasteiger partial charge is 0.341 e. The number of rotatable bonds is 3. The van der Waals surface area contributed by atoms with Gasteiger partial charge in [-0.1, -0.05) is 44.2 Å². The van der Waals surface area contributed by atoms with Crippen molar-refractivity contribution in [1.29, 1.82) is 0 Å². The molecule has 2 nitrogen and oxygen atoms in total. The molecular weight excluding hydrogens is 242 g/mol. The van der Waals surface area contributed by atoms with Crippen molar-refractivity contribution in [1.82, 2.24) is 4.90 Å². The van der Waals surface area contributed by atoms with Crippen molar-refractivity contribution in [3.05, 3.63) is 35.9 Å². The Morgan fingerprint density at radius 1 is 1.28 bits per heavy atom. The zero-order valence-corrected chi connectivity index (χ0v) is 11.9. The molecule has 0 aromatic heterocycles. The normalized spacial score (nSPS) is 25.2. The van der Waals surface area contributed by atoms with Crippen LogP contribution in [0.15, 0.2) is 30.3 Å². The predicted molar refractivity (Wildman–Crippen MR) is 77.8 cm³/mol. The number of thiol groups is 1. The van der Waals surface area contributed by atoms with E-state index in [1.807, 2.05) is 35.2 Å². The maximum atomic E-state index is 12.3. The van der Waals surface area contributed by atoms with Crippen molar-refractivity contribution < 1.29 is 4.79 Å². The molecule has 0 aliphatic carbocycles. The highest BCUT2D eigenvalue weighted by molar-refractivity contribution is 7.81. The van der Waals surface area contributed by atoms with E-state index in [9.17, 15) is 4.79 Å². The van der Waals surface area contributed by atoms with E-state index in [4.69, 9.17) is 0 Å². The molecule has 1 saturated heterocycles. The van der Waals surface area contributed by atoms with E-state index in [2.05, 4.69) is 26.5 Å². The molecule has 0 bridgehead atoms. The molecule has 1 fully saturated rings. The van der Waals surface area contributed by atoms with Gasteiger partial charge in [0.25, 0.3) is 0 Å². The molecule has 3 unspecified atom stereocenters. The average molecular weight is 263 g/mol. The average Bonchev–Trinajstić information content (AvgIpc) is 2.70. The molecule has 1 aliphatic heterocycles. The number of nitrogens with zero attached hydrogens (tertiary/aromatic N) is 1. The van der Waals surface area contributed by atoms with Crippen molar-refractivity contribution in [3.8, 4) is 0 Å². The van der Waals surface area contributed by atoms with Gasteiger partial charge in [0.2, 0.25) is 5.91 Å². The number of hydrogen-bond acceptors (Lipinski definition) is 2. The van der Waals surface area contributed by atoms with Gasteiger partial charge in [0, 0.05) is 13.1 Å². The number of hydrogen-bond donors (Lipinski definition) is 1. The topological polar surface area (TPSA) is 20.3 Å². The Morgan fingerprint density at radius 3 is 2.39 bits per heavy atom. The van der Waals surface area contributed by atoms with Crippen LogP contribution in [0.4, 0.5) is 0 Å². The fourth-order valence-corrected chi connectivity index (χ4v) is 2.82. The third-order valence-electron chi connectivity index (χ3n) is 3.86. The van der Waals surface area contributed by atoms with Crippen LogP contribution in [-0.4, -0.2) is 29.1 Å². The number of amides is 1. The van der Waals surface area contributed by atoms with Crippen LogP contribution in [0.5, 0.6) is 0 Å². The lowest BCUT2D eigenvalue weighted by atomic mass is 10.0. The summed E-state index contributed by atoms with van der Waals surface area (Å²) < 4.78 is 0. The molecule has 0 N–H and O–H groups in total. The highest BCUT2D eigenvalue weighted by Crippen LogP contribution is 2.24. The van der Waals surface area contributed by atoms with Gasteiger partial charge in [-0.15, -0.1) is 0 Å². The van der Waals surface area contributed by atoms with E-state index in [0.717, 1.165) is 13.1 Å². The molecule has 0 radical (unpaired) electrons. The quantitative estimate of drug-likeness (QED) is 0.831. The Hall–Kier alpha value is -0.960. The first-order chi connectivity index (χ1) is 8.58. The molecule has 98 valence electrons. The summed E-state index contributed by atoms with van der Waals surface area (Å²) in [6, 6.07) is 10.1. The molecule has 3 atom stereocenters. The van der Waals surface area contributed by atoms with Crippen molar-refractivity contribution in [3.63, 3.8) is 0 Å². The third kappa shape index (κ3) is 3.08. The molecule has 1 amide bonds. The van der Waals surface area contributed by atoms with E-state index < -0.39 is 0 Å². The van der Waals surface area contributed by atoms with Crippen LogP contribution in [0.2, 0.25) is 0 Å². The lowest BCUT2D eigenvalue weighted by Gasteiger charge is -2.20. The summed E-state index contributed by atoms with van der Waals surface area (Å²) in [6.07, 6.45) is 0.710. The number of carbonyl (C=O) groups excluding carboxylic acids is 1. The summed E-state index contributed by atoms with van der Waals surface area (Å²) in [5.74, 6) is 1.39. The van der Waals surface area contributed by atoms with Crippen LogP contribution in [0.25, 0.3) is 0 Å². The lowest BCUT2D eigenvalue weighted by Crippen LogP contribution is -2.36. The molecule has 2 rings (SSSR count). The number of likely N-dealkylation sites (tertiary alicyclic amines) is 1. The monoisotopic (exact) mass is 263 g/mol. The molecule has 0 saturated carbocycles. The van der Waals surface area contributed by atoms with Gasteiger partial charge in [0.05, 0.1) is 5.25 Å². The zero-order valence-electron chi connectivity index (χ0n) is 11.0. The Balaban J connectivity index is 1.93. The Bertz CT molecular complexity index is 396. The highest BCUT2D eigenvalue weighted by atomic mass is 32.1. The van der Waals surface area contributed by atoms with Crippen LogP contribution in [-0.2, 0) is 11.2 Å². The standard InChI is InChI=1S/C15H21NOS/c1-11-9-16(10-12(11)2)15(17)14(18)8-13-6-4-3-5-7-13/h3-7,11-12,14,18H,8-10H2,1-2H3. The van der Waals surface area contributed by atoms with E-state index in [-0.39, 0.29) is 11.2 Å². The second kappa shape index (κ2) is 5.79.